The van der Waals surface area contributed by atoms with Crippen LogP contribution in [-0.4, -0.2) is 17.3 Å². The number of halogens is 2. The van der Waals surface area contributed by atoms with Gasteiger partial charge in [-0.1, -0.05) is 0 Å². The second-order valence-electron chi connectivity index (χ2n) is 3.47. The van der Waals surface area contributed by atoms with E-state index in [9.17, 15) is 4.79 Å². The molecule has 1 aliphatic rings. The Kier molecular flexibility index (Phi) is 2.45. The molecule has 1 heterocycles. The van der Waals surface area contributed by atoms with Gasteiger partial charge in [0.2, 0.25) is 0 Å². The normalized spacial score (nSPS) is 17.9. The zero-order valence-electron chi connectivity index (χ0n) is 7.35. The molecule has 0 atom stereocenters. The number of hydrogen-bond donors (Lipinski definition) is 1. The summed E-state index contributed by atoms with van der Waals surface area (Å²) in [7, 11) is 0. The Bertz CT molecular complexity index is 357. The molecule has 2 rings (SSSR count). The van der Waals surface area contributed by atoms with Crippen molar-refractivity contribution in [3.63, 3.8) is 0 Å². The molecule has 1 saturated carbocycles. The predicted molar refractivity (Wildman–Crippen MR) is 53.9 cm³/mol. The van der Waals surface area contributed by atoms with Gasteiger partial charge in [-0.15, -0.1) is 11.6 Å². The van der Waals surface area contributed by atoms with Gasteiger partial charge in [0.1, 0.15) is 0 Å². The number of rotatable bonds is 3. The Morgan fingerprint density at radius 2 is 2.29 bits per heavy atom. The molecule has 0 bridgehead atoms. The average molecular weight is 234 g/mol. The molecule has 0 saturated heterocycles. The van der Waals surface area contributed by atoms with Crippen molar-refractivity contribution in [3.05, 3.63) is 23.1 Å². The van der Waals surface area contributed by atoms with E-state index in [4.69, 9.17) is 27.6 Å². The van der Waals surface area contributed by atoms with E-state index in [-0.39, 0.29) is 22.4 Å². The van der Waals surface area contributed by atoms with Crippen molar-refractivity contribution in [3.8, 4) is 0 Å². The molecule has 0 spiro atoms. The third-order valence-electron chi connectivity index (χ3n) is 2.29. The lowest BCUT2D eigenvalue weighted by atomic mass is 10.3. The highest BCUT2D eigenvalue weighted by Crippen LogP contribution is 2.36. The van der Waals surface area contributed by atoms with E-state index >= 15 is 0 Å². The fourth-order valence-corrected chi connectivity index (χ4v) is 1.66. The van der Waals surface area contributed by atoms with Gasteiger partial charge in [0.25, 0.3) is 5.91 Å². The van der Waals surface area contributed by atoms with Crippen LogP contribution in [-0.2, 0) is 0 Å². The molecule has 76 valence electrons. The second kappa shape index (κ2) is 3.48. The van der Waals surface area contributed by atoms with Gasteiger partial charge in [-0.05, 0) is 36.6 Å². The Morgan fingerprint density at radius 3 is 2.71 bits per heavy atom. The fraction of sp³-hybridized carbons (Fsp3) is 0.444. The number of carbonyl (C=O) groups is 1. The van der Waals surface area contributed by atoms with Crippen LogP contribution in [0.2, 0.25) is 5.22 Å². The molecule has 1 amide bonds. The van der Waals surface area contributed by atoms with Crippen molar-refractivity contribution in [1.29, 1.82) is 0 Å². The van der Waals surface area contributed by atoms with Crippen molar-refractivity contribution in [2.24, 2.45) is 0 Å². The molecule has 0 unspecified atom stereocenters. The summed E-state index contributed by atoms with van der Waals surface area (Å²) >= 11 is 11.3. The second-order valence-corrected chi connectivity index (χ2v) is 4.11. The molecular weight excluding hydrogens is 225 g/mol. The highest BCUT2D eigenvalue weighted by molar-refractivity contribution is 6.29. The van der Waals surface area contributed by atoms with E-state index in [0.29, 0.717) is 5.88 Å². The van der Waals surface area contributed by atoms with E-state index in [2.05, 4.69) is 5.32 Å². The standard InChI is InChI=1S/C9H9Cl2NO2/c10-5-9(3-4-9)12-8(13)6-1-2-7(11)14-6/h1-2H,3-5H2,(H,12,13). The maximum Gasteiger partial charge on any atom is 0.287 e. The monoisotopic (exact) mass is 233 g/mol. The van der Waals surface area contributed by atoms with Gasteiger partial charge in [0.15, 0.2) is 11.0 Å². The number of carbonyl (C=O) groups excluding carboxylic acids is 1. The largest absolute Gasteiger partial charge is 0.440 e. The third kappa shape index (κ3) is 1.88. The molecular formula is C9H9Cl2NO2. The maximum atomic E-state index is 11.6. The molecule has 5 heteroatoms. The number of alkyl halides is 1. The van der Waals surface area contributed by atoms with Crippen LogP contribution in [0.4, 0.5) is 0 Å². The number of nitrogens with one attached hydrogen (secondary N) is 1. The van der Waals surface area contributed by atoms with Gasteiger partial charge in [-0.3, -0.25) is 4.79 Å². The van der Waals surface area contributed by atoms with Crippen molar-refractivity contribution in [1.82, 2.24) is 5.32 Å². The zero-order valence-corrected chi connectivity index (χ0v) is 8.86. The lowest BCUT2D eigenvalue weighted by Gasteiger charge is -2.11. The summed E-state index contributed by atoms with van der Waals surface area (Å²) in [6.07, 6.45) is 1.85. The number of amides is 1. The number of furan rings is 1. The minimum atomic E-state index is -0.255. The van der Waals surface area contributed by atoms with Crippen molar-refractivity contribution in [2.75, 3.05) is 5.88 Å². The molecule has 14 heavy (non-hydrogen) atoms. The number of hydrogen-bond acceptors (Lipinski definition) is 2. The highest BCUT2D eigenvalue weighted by atomic mass is 35.5. The van der Waals surface area contributed by atoms with E-state index in [1.54, 1.807) is 6.07 Å². The summed E-state index contributed by atoms with van der Waals surface area (Å²) < 4.78 is 4.97. The molecule has 0 aromatic carbocycles. The first-order valence-electron chi connectivity index (χ1n) is 4.29. The van der Waals surface area contributed by atoms with Crippen LogP contribution in [0.1, 0.15) is 23.4 Å². The summed E-state index contributed by atoms with van der Waals surface area (Å²) in [6.45, 7) is 0. The van der Waals surface area contributed by atoms with Gasteiger partial charge in [0, 0.05) is 5.88 Å². The van der Waals surface area contributed by atoms with E-state index < -0.39 is 0 Å². The lowest BCUT2D eigenvalue weighted by Crippen LogP contribution is -2.37. The minimum Gasteiger partial charge on any atom is -0.440 e. The van der Waals surface area contributed by atoms with Crippen LogP contribution >= 0.6 is 23.2 Å². The average Bonchev–Trinajstić information content (AvgIpc) is 2.80. The van der Waals surface area contributed by atoms with Crippen LogP contribution in [0, 0.1) is 0 Å². The van der Waals surface area contributed by atoms with E-state index in [0.717, 1.165) is 12.8 Å². The van der Waals surface area contributed by atoms with Gasteiger partial charge < -0.3 is 9.73 Å². The van der Waals surface area contributed by atoms with Gasteiger partial charge in [0.05, 0.1) is 5.54 Å². The van der Waals surface area contributed by atoms with E-state index in [1.165, 1.54) is 6.07 Å². The minimum absolute atomic E-state index is 0.210. The third-order valence-corrected chi connectivity index (χ3v) is 3.00. The predicted octanol–water partition coefficient (Wildman–Crippen LogP) is 2.43. The first-order chi connectivity index (χ1) is 6.65. The quantitative estimate of drug-likeness (QED) is 0.816. The molecule has 1 N–H and O–H groups in total. The molecule has 0 aliphatic heterocycles. The topological polar surface area (TPSA) is 42.2 Å². The molecule has 0 radical (unpaired) electrons. The molecule has 1 fully saturated rings. The van der Waals surface area contributed by atoms with Gasteiger partial charge in [-0.25, -0.2) is 0 Å². The smallest absolute Gasteiger partial charge is 0.287 e. The summed E-state index contributed by atoms with van der Waals surface area (Å²) in [4.78, 5) is 11.6. The summed E-state index contributed by atoms with van der Waals surface area (Å²) in [5.74, 6) is 0.411. The molecule has 1 aliphatic carbocycles. The Hall–Kier alpha value is -0.670. The van der Waals surface area contributed by atoms with Crippen LogP contribution < -0.4 is 5.32 Å². The van der Waals surface area contributed by atoms with Crippen LogP contribution in [0.3, 0.4) is 0 Å². The Balaban J connectivity index is 2.03. The molecule has 1 aromatic heterocycles. The first-order valence-corrected chi connectivity index (χ1v) is 5.20. The van der Waals surface area contributed by atoms with E-state index in [1.807, 2.05) is 0 Å². The highest BCUT2D eigenvalue weighted by Gasteiger charge is 2.43. The Labute approximate surface area is 91.4 Å². The molecule has 3 nitrogen and oxygen atoms in total. The van der Waals surface area contributed by atoms with Crippen LogP contribution in [0.5, 0.6) is 0 Å². The zero-order chi connectivity index (χ0) is 10.2. The summed E-state index contributed by atoms with van der Waals surface area (Å²) in [5, 5.41) is 3.04. The van der Waals surface area contributed by atoms with Gasteiger partial charge in [-0.2, -0.15) is 0 Å². The fourth-order valence-electron chi connectivity index (χ4n) is 1.18. The maximum absolute atomic E-state index is 11.6. The SMILES string of the molecule is O=C(NC1(CCl)CC1)c1ccc(Cl)o1. The summed E-state index contributed by atoms with van der Waals surface area (Å²) in [6, 6.07) is 3.08. The lowest BCUT2D eigenvalue weighted by molar-refractivity contribution is 0.0908. The molecule has 1 aromatic rings. The summed E-state index contributed by atoms with van der Waals surface area (Å²) in [5.41, 5.74) is -0.210. The van der Waals surface area contributed by atoms with Gasteiger partial charge >= 0.3 is 0 Å². The van der Waals surface area contributed by atoms with Crippen molar-refractivity contribution in [2.45, 2.75) is 18.4 Å². The van der Waals surface area contributed by atoms with Crippen LogP contribution in [0.15, 0.2) is 16.5 Å². The Morgan fingerprint density at radius 1 is 1.57 bits per heavy atom. The van der Waals surface area contributed by atoms with Crippen molar-refractivity contribution >= 4 is 29.1 Å². The first kappa shape index (κ1) is 9.87. The van der Waals surface area contributed by atoms with Crippen molar-refractivity contribution < 1.29 is 9.21 Å². The van der Waals surface area contributed by atoms with Crippen LogP contribution in [0.25, 0.3) is 0 Å².